The summed E-state index contributed by atoms with van der Waals surface area (Å²) in [5.41, 5.74) is 0. The minimum atomic E-state index is -0.815. The molecule has 0 fully saturated rings. The summed E-state index contributed by atoms with van der Waals surface area (Å²) >= 11 is 0. The zero-order chi connectivity index (χ0) is 45.8. The average Bonchev–Trinajstić information content (AvgIpc) is 3.28. The van der Waals surface area contributed by atoms with Crippen molar-refractivity contribution >= 4 is 17.9 Å². The van der Waals surface area contributed by atoms with Crippen LogP contribution < -0.4 is 0 Å². The summed E-state index contributed by atoms with van der Waals surface area (Å²) in [4.78, 5) is 37.9. The molecule has 0 amide bonds. The van der Waals surface area contributed by atoms with Crippen molar-refractivity contribution in [3.05, 3.63) is 97.2 Å². The molecule has 0 aliphatic rings. The summed E-state index contributed by atoms with van der Waals surface area (Å²) in [5, 5.41) is 0. The van der Waals surface area contributed by atoms with Crippen LogP contribution in [0.15, 0.2) is 97.2 Å². The van der Waals surface area contributed by atoms with Crippen molar-refractivity contribution in [1.29, 1.82) is 0 Å². The molecule has 0 N–H and O–H groups in total. The normalized spacial score (nSPS) is 12.9. The second-order valence-electron chi connectivity index (χ2n) is 16.7. The fourth-order valence-corrected chi connectivity index (χ4v) is 6.80. The molecule has 0 aromatic rings. The third-order valence-corrected chi connectivity index (χ3v) is 10.6. The minimum Gasteiger partial charge on any atom is -0.462 e. The quantitative estimate of drug-likeness (QED) is 0.0262. The number of unbranched alkanes of at least 4 members (excludes halogenated alkanes) is 18. The van der Waals surface area contributed by atoms with Crippen LogP contribution in [0.5, 0.6) is 0 Å². The first-order valence-corrected chi connectivity index (χ1v) is 25.7. The molecular formula is C57H94O6. The van der Waals surface area contributed by atoms with Crippen LogP contribution in [0.2, 0.25) is 0 Å². The highest BCUT2D eigenvalue weighted by Gasteiger charge is 2.19. The maximum absolute atomic E-state index is 12.8. The Bertz CT molecular complexity index is 1280. The second kappa shape index (κ2) is 51.0. The van der Waals surface area contributed by atoms with Gasteiger partial charge in [-0.3, -0.25) is 14.4 Å². The van der Waals surface area contributed by atoms with Crippen LogP contribution >= 0.6 is 0 Å². The highest BCUT2D eigenvalue weighted by Crippen LogP contribution is 2.15. The number of ether oxygens (including phenoxy) is 3. The Morgan fingerprint density at radius 3 is 1.06 bits per heavy atom. The van der Waals surface area contributed by atoms with E-state index in [2.05, 4.69) is 106 Å². The Morgan fingerprint density at radius 1 is 0.333 bits per heavy atom. The summed E-state index contributed by atoms with van der Waals surface area (Å²) < 4.78 is 16.7. The first kappa shape index (κ1) is 59.3. The van der Waals surface area contributed by atoms with Crippen molar-refractivity contribution in [3.8, 4) is 0 Å². The van der Waals surface area contributed by atoms with Crippen LogP contribution in [0.1, 0.15) is 226 Å². The van der Waals surface area contributed by atoms with E-state index in [9.17, 15) is 14.4 Å². The van der Waals surface area contributed by atoms with Crippen LogP contribution in [0.4, 0.5) is 0 Å². The number of hydrogen-bond donors (Lipinski definition) is 0. The molecule has 63 heavy (non-hydrogen) atoms. The van der Waals surface area contributed by atoms with Gasteiger partial charge in [0.25, 0.3) is 0 Å². The molecule has 1 unspecified atom stereocenters. The maximum Gasteiger partial charge on any atom is 0.306 e. The number of allylic oxidation sites excluding steroid dienone is 16. The van der Waals surface area contributed by atoms with Crippen molar-refractivity contribution in [3.63, 3.8) is 0 Å². The lowest BCUT2D eigenvalue weighted by atomic mass is 10.0. The summed E-state index contributed by atoms with van der Waals surface area (Å²) in [7, 11) is 0. The van der Waals surface area contributed by atoms with E-state index in [0.717, 1.165) is 103 Å². The minimum absolute atomic E-state index is 0.112. The number of esters is 3. The van der Waals surface area contributed by atoms with Gasteiger partial charge in [-0.1, -0.05) is 221 Å². The molecule has 0 spiro atoms. The second-order valence-corrected chi connectivity index (χ2v) is 16.7. The van der Waals surface area contributed by atoms with Gasteiger partial charge in [0.2, 0.25) is 0 Å². The molecule has 6 nitrogen and oxygen atoms in total. The van der Waals surface area contributed by atoms with Crippen molar-refractivity contribution in [2.24, 2.45) is 0 Å². The van der Waals surface area contributed by atoms with Crippen molar-refractivity contribution in [2.75, 3.05) is 13.2 Å². The molecule has 0 bridgehead atoms. The lowest BCUT2D eigenvalue weighted by Gasteiger charge is -2.18. The molecule has 6 heteroatoms. The van der Waals surface area contributed by atoms with E-state index in [-0.39, 0.29) is 37.5 Å². The fraction of sp³-hybridized carbons (Fsp3) is 0.667. The molecule has 0 aliphatic heterocycles. The first-order valence-electron chi connectivity index (χ1n) is 25.7. The molecule has 0 aromatic carbocycles. The molecule has 0 radical (unpaired) electrons. The van der Waals surface area contributed by atoms with Crippen molar-refractivity contribution in [1.82, 2.24) is 0 Å². The molecule has 0 aliphatic carbocycles. The van der Waals surface area contributed by atoms with E-state index in [4.69, 9.17) is 14.2 Å². The van der Waals surface area contributed by atoms with E-state index in [1.807, 2.05) is 12.2 Å². The maximum atomic E-state index is 12.8. The topological polar surface area (TPSA) is 78.9 Å². The molecule has 0 saturated carbocycles. The molecule has 0 saturated heterocycles. The van der Waals surface area contributed by atoms with Crippen LogP contribution in [0.3, 0.4) is 0 Å². The first-order chi connectivity index (χ1) is 31.0. The molecule has 0 rings (SSSR count). The zero-order valence-corrected chi connectivity index (χ0v) is 40.8. The number of carbonyl (C=O) groups excluding carboxylic acids is 3. The standard InChI is InChI=1S/C57H94O6/c1-4-7-10-13-16-19-22-25-27-28-30-32-35-38-41-44-47-50-56(59)62-53-54(52-61-55(58)49-46-43-40-37-34-31-24-21-18-15-12-9-6-3)63-57(60)51-48-45-42-39-36-33-29-26-23-20-17-14-11-8-5-2/h7,9-10,12,16,18-19,21,25,27,30-32,34,40,43,54H,4-6,8,11,13-15,17,20,22-24,26,28-29,33,35-39,41-42,44-53H2,1-3H3/b10-7-,12-9-,19-16-,21-18-,27-25-,32-30-,34-31-,43-40-. The Balaban J connectivity index is 4.50. The van der Waals surface area contributed by atoms with E-state index < -0.39 is 6.10 Å². The fourth-order valence-electron chi connectivity index (χ4n) is 6.80. The summed E-state index contributed by atoms with van der Waals surface area (Å²) in [5.74, 6) is -1.02. The molecule has 0 aromatic heterocycles. The van der Waals surface area contributed by atoms with Gasteiger partial charge in [0.1, 0.15) is 13.2 Å². The lowest BCUT2D eigenvalue weighted by Crippen LogP contribution is -2.30. The van der Waals surface area contributed by atoms with E-state index in [1.165, 1.54) is 77.0 Å². The summed E-state index contributed by atoms with van der Waals surface area (Å²) in [6, 6.07) is 0. The lowest BCUT2D eigenvalue weighted by molar-refractivity contribution is -0.166. The van der Waals surface area contributed by atoms with Gasteiger partial charge in [0.15, 0.2) is 6.10 Å². The highest BCUT2D eigenvalue weighted by atomic mass is 16.6. The van der Waals surface area contributed by atoms with Crippen LogP contribution in [0.25, 0.3) is 0 Å². The molecule has 1 atom stereocenters. The predicted molar refractivity (Wildman–Crippen MR) is 270 cm³/mol. The summed E-state index contributed by atoms with van der Waals surface area (Å²) in [6.07, 6.45) is 66.9. The van der Waals surface area contributed by atoms with E-state index >= 15 is 0 Å². The number of hydrogen-bond acceptors (Lipinski definition) is 6. The largest absolute Gasteiger partial charge is 0.462 e. The van der Waals surface area contributed by atoms with Gasteiger partial charge < -0.3 is 14.2 Å². The Labute approximate surface area is 387 Å². The predicted octanol–water partition coefficient (Wildman–Crippen LogP) is 17.0. The summed E-state index contributed by atoms with van der Waals surface area (Å²) in [6.45, 7) is 6.32. The average molecular weight is 875 g/mol. The van der Waals surface area contributed by atoms with E-state index in [0.29, 0.717) is 19.3 Å². The third kappa shape index (κ3) is 49.2. The van der Waals surface area contributed by atoms with Gasteiger partial charge in [-0.2, -0.15) is 0 Å². The van der Waals surface area contributed by atoms with E-state index in [1.54, 1.807) is 0 Å². The zero-order valence-electron chi connectivity index (χ0n) is 40.8. The van der Waals surface area contributed by atoms with Crippen LogP contribution in [-0.2, 0) is 28.6 Å². The van der Waals surface area contributed by atoms with Crippen LogP contribution in [-0.4, -0.2) is 37.2 Å². The van der Waals surface area contributed by atoms with Gasteiger partial charge in [0.05, 0.1) is 0 Å². The number of rotatable bonds is 45. The van der Waals surface area contributed by atoms with Gasteiger partial charge in [0, 0.05) is 19.3 Å². The smallest absolute Gasteiger partial charge is 0.306 e. The third-order valence-electron chi connectivity index (χ3n) is 10.6. The monoisotopic (exact) mass is 875 g/mol. The van der Waals surface area contributed by atoms with Gasteiger partial charge in [-0.25, -0.2) is 0 Å². The SMILES string of the molecule is CC/C=C\C/C=C\C/C=C\C/C=C\CCCCCCC(=O)OCC(COC(=O)CC/C=C\C/C=C\C/C=C\C/C=C\CC)OC(=O)CCCCCCCCCCCCCCCCC. The molecule has 0 heterocycles. The van der Waals surface area contributed by atoms with Crippen molar-refractivity contribution in [2.45, 2.75) is 232 Å². The van der Waals surface area contributed by atoms with Gasteiger partial charge in [-0.05, 0) is 83.5 Å². The Kier molecular flexibility index (Phi) is 48.0. The van der Waals surface area contributed by atoms with Gasteiger partial charge in [-0.15, -0.1) is 0 Å². The molecular weight excluding hydrogens is 781 g/mol. The Hall–Kier alpha value is -3.67. The van der Waals surface area contributed by atoms with Crippen molar-refractivity contribution < 1.29 is 28.6 Å². The number of carbonyl (C=O) groups is 3. The highest BCUT2D eigenvalue weighted by molar-refractivity contribution is 5.71. The molecule has 358 valence electrons. The van der Waals surface area contributed by atoms with Crippen LogP contribution in [0, 0.1) is 0 Å². The van der Waals surface area contributed by atoms with Gasteiger partial charge >= 0.3 is 17.9 Å². The Morgan fingerprint density at radius 2 is 0.651 bits per heavy atom.